The van der Waals surface area contributed by atoms with E-state index < -0.39 is 0 Å². The first-order chi connectivity index (χ1) is 12.0. The van der Waals surface area contributed by atoms with Crippen LogP contribution in [0.2, 0.25) is 0 Å². The molecule has 7 rings (SSSR count). The van der Waals surface area contributed by atoms with Crippen molar-refractivity contribution in [2.45, 2.75) is 69.7 Å². The van der Waals surface area contributed by atoms with Gasteiger partial charge in [-0.05, 0) is 93.2 Å². The highest BCUT2D eigenvalue weighted by Gasteiger charge is 2.51. The molecule has 0 radical (unpaired) electrons. The van der Waals surface area contributed by atoms with Gasteiger partial charge >= 0.3 is 0 Å². The van der Waals surface area contributed by atoms with Gasteiger partial charge in [0.25, 0.3) is 0 Å². The van der Waals surface area contributed by atoms with Gasteiger partial charge in [0.05, 0.1) is 0 Å². The van der Waals surface area contributed by atoms with E-state index in [0.29, 0.717) is 16.9 Å². The van der Waals surface area contributed by atoms with Gasteiger partial charge in [-0.3, -0.25) is 4.79 Å². The van der Waals surface area contributed by atoms with Gasteiger partial charge in [-0.1, -0.05) is 0 Å². The second-order valence-electron chi connectivity index (χ2n) is 9.97. The quantitative estimate of drug-likeness (QED) is 0.759. The summed E-state index contributed by atoms with van der Waals surface area (Å²) in [5.74, 6) is 2.85. The Morgan fingerprint density at radius 1 is 0.960 bits per heavy atom. The molecule has 3 aliphatic heterocycles. The first kappa shape index (κ1) is 16.5. The van der Waals surface area contributed by atoms with Crippen LogP contribution in [0.15, 0.2) is 0 Å². The first-order valence-electron chi connectivity index (χ1n) is 10.4. The van der Waals surface area contributed by atoms with Crippen LogP contribution in [0.4, 0.5) is 0 Å². The van der Waals surface area contributed by atoms with Crippen molar-refractivity contribution in [3.63, 3.8) is 0 Å². The second kappa shape index (κ2) is 5.91. The van der Waals surface area contributed by atoms with Crippen molar-refractivity contribution in [3.05, 3.63) is 0 Å². The Kier molecular flexibility index (Phi) is 3.90. The van der Waals surface area contributed by atoms with Gasteiger partial charge in [0, 0.05) is 31.6 Å². The normalized spacial score (nSPS) is 46.9. The molecular formula is C20H31N3OS. The largest absolute Gasteiger partial charge is 0.357 e. The predicted octanol–water partition coefficient (Wildman–Crippen LogP) is 2.82. The smallest absolute Gasteiger partial charge is 0.226 e. The monoisotopic (exact) mass is 361 g/mol. The molecule has 7 fully saturated rings. The van der Waals surface area contributed by atoms with Gasteiger partial charge in [-0.15, -0.1) is 0 Å². The van der Waals surface area contributed by atoms with E-state index in [1.54, 1.807) is 0 Å². The molecule has 138 valence electrons. The second-order valence-corrected chi connectivity index (χ2v) is 10.4. The Bertz CT molecular complexity index is 532. The Labute approximate surface area is 156 Å². The molecule has 0 unspecified atom stereocenters. The van der Waals surface area contributed by atoms with Gasteiger partial charge in [0.1, 0.15) is 0 Å². The molecule has 0 spiro atoms. The van der Waals surface area contributed by atoms with Crippen LogP contribution < -0.4 is 10.6 Å². The van der Waals surface area contributed by atoms with E-state index in [1.807, 2.05) is 0 Å². The van der Waals surface area contributed by atoms with Crippen LogP contribution in [0.5, 0.6) is 0 Å². The van der Waals surface area contributed by atoms with E-state index >= 15 is 0 Å². The van der Waals surface area contributed by atoms with Gasteiger partial charge in [0.2, 0.25) is 5.91 Å². The summed E-state index contributed by atoms with van der Waals surface area (Å²) < 4.78 is 0. The van der Waals surface area contributed by atoms with Crippen LogP contribution in [0, 0.1) is 23.2 Å². The fourth-order valence-corrected chi connectivity index (χ4v) is 7.63. The summed E-state index contributed by atoms with van der Waals surface area (Å²) in [7, 11) is 0. The average molecular weight is 362 g/mol. The van der Waals surface area contributed by atoms with Crippen molar-refractivity contribution in [2.75, 3.05) is 19.6 Å². The van der Waals surface area contributed by atoms with Gasteiger partial charge in [-0.25, -0.2) is 0 Å². The van der Waals surface area contributed by atoms with Crippen LogP contribution >= 0.6 is 12.2 Å². The van der Waals surface area contributed by atoms with Crippen LogP contribution in [-0.4, -0.2) is 41.1 Å². The lowest BCUT2D eigenvalue weighted by Crippen LogP contribution is -2.62. The molecule has 5 heteroatoms. The number of nitrogens with one attached hydrogen (secondary N) is 2. The van der Waals surface area contributed by atoms with E-state index in [1.165, 1.54) is 38.5 Å². The lowest BCUT2D eigenvalue weighted by Gasteiger charge is -2.56. The summed E-state index contributed by atoms with van der Waals surface area (Å²) in [6.07, 6.45) is 12.3. The van der Waals surface area contributed by atoms with Crippen LogP contribution in [0.25, 0.3) is 0 Å². The molecule has 0 aromatic heterocycles. The Morgan fingerprint density at radius 3 is 2.00 bits per heavy atom. The molecule has 25 heavy (non-hydrogen) atoms. The summed E-state index contributed by atoms with van der Waals surface area (Å²) in [6, 6.07) is 0. The van der Waals surface area contributed by atoms with E-state index in [2.05, 4.69) is 15.5 Å². The highest BCUT2D eigenvalue weighted by atomic mass is 32.1. The molecule has 3 heterocycles. The summed E-state index contributed by atoms with van der Waals surface area (Å²) in [6.45, 7) is 3.49. The molecule has 0 aromatic carbocycles. The molecule has 7 aliphatic rings. The maximum atomic E-state index is 12.7. The molecule has 4 aliphatic carbocycles. The Balaban J connectivity index is 1.17. The SMILES string of the molecule is O=C(CC12CC3CC(CC(C3)C1)C2)NC(=S)NC12CCN(CC1)CC2. The number of carbonyl (C=O) groups is 1. The fourth-order valence-electron chi connectivity index (χ4n) is 7.30. The molecule has 6 bridgehead atoms. The number of nitrogens with zero attached hydrogens (tertiary/aromatic N) is 1. The van der Waals surface area contributed by atoms with E-state index in [9.17, 15) is 4.79 Å². The Hall–Kier alpha value is -0.680. The summed E-state index contributed by atoms with van der Waals surface area (Å²) >= 11 is 5.52. The zero-order valence-corrected chi connectivity index (χ0v) is 16.0. The highest BCUT2D eigenvalue weighted by molar-refractivity contribution is 7.80. The number of amides is 1. The third-order valence-electron chi connectivity index (χ3n) is 8.05. The lowest BCUT2D eigenvalue weighted by atomic mass is 9.49. The molecule has 4 nitrogen and oxygen atoms in total. The van der Waals surface area contributed by atoms with Gasteiger partial charge in [-0.2, -0.15) is 0 Å². The van der Waals surface area contributed by atoms with E-state index in [4.69, 9.17) is 12.2 Å². The Morgan fingerprint density at radius 2 is 1.48 bits per heavy atom. The fraction of sp³-hybridized carbons (Fsp3) is 0.900. The molecular weight excluding hydrogens is 330 g/mol. The summed E-state index contributed by atoms with van der Waals surface area (Å²) in [5.41, 5.74) is 0.433. The van der Waals surface area contributed by atoms with Crippen molar-refractivity contribution >= 4 is 23.2 Å². The number of hydrogen-bond donors (Lipinski definition) is 2. The zero-order chi connectivity index (χ0) is 17.1. The molecule has 4 saturated carbocycles. The highest BCUT2D eigenvalue weighted by Crippen LogP contribution is 2.61. The van der Waals surface area contributed by atoms with E-state index in [-0.39, 0.29) is 11.4 Å². The lowest BCUT2D eigenvalue weighted by molar-refractivity contribution is -0.128. The standard InChI is InChI=1S/C20H31N3OS/c24-17(13-19-10-14-7-15(11-19)9-16(8-14)12-19)21-18(25)22-20-1-4-23(5-2-20)6-3-20/h14-16H,1-13H2,(H2,21,22,24,25). The third kappa shape index (κ3) is 3.12. The predicted molar refractivity (Wildman–Crippen MR) is 102 cm³/mol. The number of carbonyl (C=O) groups excluding carboxylic acids is 1. The number of rotatable bonds is 3. The molecule has 0 aromatic rings. The van der Waals surface area contributed by atoms with Crippen LogP contribution in [-0.2, 0) is 4.79 Å². The minimum atomic E-state index is 0.139. The van der Waals surface area contributed by atoms with Gasteiger partial charge < -0.3 is 15.5 Å². The maximum Gasteiger partial charge on any atom is 0.226 e. The summed E-state index contributed by atoms with van der Waals surface area (Å²) in [5, 5.41) is 7.15. The molecule has 1 amide bonds. The molecule has 3 saturated heterocycles. The number of hydrogen-bond acceptors (Lipinski definition) is 3. The molecule has 0 atom stereocenters. The van der Waals surface area contributed by atoms with Crippen molar-refractivity contribution in [1.82, 2.24) is 15.5 Å². The zero-order valence-electron chi connectivity index (χ0n) is 15.2. The third-order valence-corrected chi connectivity index (χ3v) is 8.26. The van der Waals surface area contributed by atoms with Crippen molar-refractivity contribution < 1.29 is 4.79 Å². The number of piperidine rings is 3. The van der Waals surface area contributed by atoms with Gasteiger partial charge in [0.15, 0.2) is 5.11 Å². The van der Waals surface area contributed by atoms with Crippen molar-refractivity contribution in [1.29, 1.82) is 0 Å². The maximum absolute atomic E-state index is 12.7. The number of fused-ring (bicyclic) bond motifs is 3. The minimum absolute atomic E-state index is 0.139. The van der Waals surface area contributed by atoms with Crippen molar-refractivity contribution in [3.8, 4) is 0 Å². The first-order valence-corrected chi connectivity index (χ1v) is 10.8. The topological polar surface area (TPSA) is 44.4 Å². The minimum Gasteiger partial charge on any atom is -0.357 e. The summed E-state index contributed by atoms with van der Waals surface area (Å²) in [4.78, 5) is 15.3. The van der Waals surface area contributed by atoms with Crippen LogP contribution in [0.1, 0.15) is 64.2 Å². The van der Waals surface area contributed by atoms with Crippen molar-refractivity contribution in [2.24, 2.45) is 23.2 Å². The molecule has 2 N–H and O–H groups in total. The average Bonchev–Trinajstić information content (AvgIpc) is 2.53. The van der Waals surface area contributed by atoms with E-state index in [0.717, 1.165) is 56.7 Å². The van der Waals surface area contributed by atoms with Crippen LogP contribution in [0.3, 0.4) is 0 Å². The number of thiocarbonyl (C=S) groups is 1.